The quantitative estimate of drug-likeness (QED) is 0.535. The first-order valence-corrected chi connectivity index (χ1v) is 3.62. The number of anilines is 1. The number of nitrogens with one attached hydrogen (secondary N) is 1. The van der Waals surface area contributed by atoms with Gasteiger partial charge in [0.25, 0.3) is 0 Å². The van der Waals surface area contributed by atoms with Crippen LogP contribution in [0.15, 0.2) is 16.7 Å². The summed E-state index contributed by atoms with van der Waals surface area (Å²) < 4.78 is 1.01. The third-order valence-electron chi connectivity index (χ3n) is 1.19. The lowest BCUT2D eigenvalue weighted by molar-refractivity contribution is 1.19. The van der Waals surface area contributed by atoms with Gasteiger partial charge in [-0.15, -0.1) is 0 Å². The Labute approximate surface area is 67.7 Å². The van der Waals surface area contributed by atoms with E-state index in [1.165, 1.54) is 0 Å². The lowest BCUT2D eigenvalue weighted by Gasteiger charge is -2.00. The van der Waals surface area contributed by atoms with Crippen LogP contribution in [0.2, 0.25) is 0 Å². The molecule has 0 spiro atoms. The third kappa shape index (κ3) is 1.46. The predicted molar refractivity (Wildman–Crippen MR) is 44.5 cm³/mol. The minimum atomic E-state index is 0.664. The van der Waals surface area contributed by atoms with Crippen molar-refractivity contribution < 1.29 is 0 Å². The average molecular weight is 202 g/mol. The molecule has 1 heterocycles. The Kier molecular flexibility index (Phi) is 2.24. The molecule has 0 aliphatic rings. The van der Waals surface area contributed by atoms with Crippen LogP contribution < -0.4 is 11.3 Å². The number of nitrogens with zero attached hydrogens (tertiary/aromatic N) is 1. The molecule has 0 saturated carbocycles. The van der Waals surface area contributed by atoms with Crippen LogP contribution in [0.4, 0.5) is 5.82 Å². The number of rotatable bonds is 1. The van der Waals surface area contributed by atoms with E-state index in [4.69, 9.17) is 5.84 Å². The van der Waals surface area contributed by atoms with Crippen LogP contribution in [0.3, 0.4) is 0 Å². The van der Waals surface area contributed by atoms with E-state index in [1.807, 2.05) is 13.0 Å². The van der Waals surface area contributed by atoms with Gasteiger partial charge in [-0.3, -0.25) is 0 Å². The maximum absolute atomic E-state index is 5.14. The molecule has 54 valence electrons. The lowest BCUT2D eigenvalue weighted by Crippen LogP contribution is -2.08. The Bertz CT molecular complexity index is 236. The first-order chi connectivity index (χ1) is 4.74. The van der Waals surface area contributed by atoms with Crippen LogP contribution in [0.1, 0.15) is 5.56 Å². The van der Waals surface area contributed by atoms with Crippen molar-refractivity contribution in [2.45, 2.75) is 6.92 Å². The predicted octanol–water partition coefficient (Wildman–Crippen LogP) is 1.44. The van der Waals surface area contributed by atoms with Crippen molar-refractivity contribution in [3.8, 4) is 0 Å². The van der Waals surface area contributed by atoms with Crippen molar-refractivity contribution in [3.63, 3.8) is 0 Å². The molecule has 4 heteroatoms. The zero-order valence-corrected chi connectivity index (χ0v) is 7.14. The van der Waals surface area contributed by atoms with Gasteiger partial charge in [0.15, 0.2) is 0 Å². The lowest BCUT2D eigenvalue weighted by atomic mass is 10.3. The molecule has 1 aromatic heterocycles. The average Bonchev–Trinajstić information content (AvgIpc) is 1.95. The number of hydrogen-bond donors (Lipinski definition) is 2. The Morgan fingerprint density at radius 1 is 1.70 bits per heavy atom. The first-order valence-electron chi connectivity index (χ1n) is 2.83. The molecule has 0 unspecified atom stereocenters. The number of hydrogen-bond acceptors (Lipinski definition) is 3. The summed E-state index contributed by atoms with van der Waals surface area (Å²) in [6, 6.07) is 1.83. The largest absolute Gasteiger partial charge is 0.308 e. The SMILES string of the molecule is Cc1cnc(NN)cc1Br. The van der Waals surface area contributed by atoms with Crippen LogP contribution in [-0.4, -0.2) is 4.98 Å². The fraction of sp³-hybridized carbons (Fsp3) is 0.167. The molecule has 1 aromatic rings. The molecule has 0 fully saturated rings. The maximum atomic E-state index is 5.14. The summed E-state index contributed by atoms with van der Waals surface area (Å²) in [6.07, 6.45) is 1.75. The number of aryl methyl sites for hydroxylation is 1. The number of aromatic nitrogens is 1. The van der Waals surface area contributed by atoms with Gasteiger partial charge >= 0.3 is 0 Å². The van der Waals surface area contributed by atoms with E-state index in [9.17, 15) is 0 Å². The molecule has 0 aromatic carbocycles. The molecule has 0 saturated heterocycles. The Morgan fingerprint density at radius 3 is 2.90 bits per heavy atom. The fourth-order valence-corrected chi connectivity index (χ4v) is 0.897. The zero-order valence-electron chi connectivity index (χ0n) is 5.56. The number of hydrazine groups is 1. The van der Waals surface area contributed by atoms with Gasteiger partial charge in [-0.1, -0.05) is 15.9 Å². The van der Waals surface area contributed by atoms with Crippen LogP contribution in [0, 0.1) is 6.92 Å². The van der Waals surface area contributed by atoms with Gasteiger partial charge in [0.05, 0.1) is 0 Å². The topological polar surface area (TPSA) is 50.9 Å². The van der Waals surface area contributed by atoms with Gasteiger partial charge in [0.1, 0.15) is 5.82 Å². The molecular weight excluding hydrogens is 194 g/mol. The molecule has 0 amide bonds. The van der Waals surface area contributed by atoms with E-state index >= 15 is 0 Å². The minimum Gasteiger partial charge on any atom is -0.308 e. The van der Waals surface area contributed by atoms with Crippen molar-refractivity contribution in [2.75, 3.05) is 5.43 Å². The Morgan fingerprint density at radius 2 is 2.40 bits per heavy atom. The standard InChI is InChI=1S/C6H8BrN3/c1-4-3-9-6(10-8)2-5(4)7/h2-3H,8H2,1H3,(H,9,10). The van der Waals surface area contributed by atoms with E-state index < -0.39 is 0 Å². The monoisotopic (exact) mass is 201 g/mol. The summed E-state index contributed by atoms with van der Waals surface area (Å²) in [7, 11) is 0. The van der Waals surface area contributed by atoms with Gasteiger partial charge < -0.3 is 5.43 Å². The van der Waals surface area contributed by atoms with E-state index in [1.54, 1.807) is 6.20 Å². The summed E-state index contributed by atoms with van der Waals surface area (Å²) in [5.41, 5.74) is 3.55. The van der Waals surface area contributed by atoms with Gasteiger partial charge in [-0.2, -0.15) is 0 Å². The molecule has 0 aliphatic carbocycles. The van der Waals surface area contributed by atoms with Gasteiger partial charge in [-0.05, 0) is 18.6 Å². The van der Waals surface area contributed by atoms with Crippen LogP contribution in [0.25, 0.3) is 0 Å². The van der Waals surface area contributed by atoms with Crippen molar-refractivity contribution in [1.29, 1.82) is 0 Å². The highest BCUT2D eigenvalue weighted by Crippen LogP contribution is 2.16. The van der Waals surface area contributed by atoms with E-state index in [0.29, 0.717) is 5.82 Å². The molecule has 0 radical (unpaired) electrons. The highest BCUT2D eigenvalue weighted by Gasteiger charge is 1.95. The highest BCUT2D eigenvalue weighted by molar-refractivity contribution is 9.10. The smallest absolute Gasteiger partial charge is 0.141 e. The molecule has 0 aliphatic heterocycles. The number of nitrogen functional groups attached to an aromatic ring is 1. The fourth-order valence-electron chi connectivity index (χ4n) is 0.578. The second kappa shape index (κ2) is 2.98. The number of pyridine rings is 1. The highest BCUT2D eigenvalue weighted by atomic mass is 79.9. The van der Waals surface area contributed by atoms with Gasteiger partial charge in [0.2, 0.25) is 0 Å². The summed E-state index contributed by atoms with van der Waals surface area (Å²) in [6.45, 7) is 1.97. The van der Waals surface area contributed by atoms with E-state index in [0.717, 1.165) is 10.0 Å². The second-order valence-electron chi connectivity index (χ2n) is 1.96. The first kappa shape index (κ1) is 7.50. The summed E-state index contributed by atoms with van der Waals surface area (Å²) in [5.74, 6) is 5.80. The van der Waals surface area contributed by atoms with Crippen molar-refractivity contribution >= 4 is 21.7 Å². The summed E-state index contributed by atoms with van der Waals surface area (Å²) in [5, 5.41) is 0. The normalized spacial score (nSPS) is 9.50. The second-order valence-corrected chi connectivity index (χ2v) is 2.82. The molecule has 3 nitrogen and oxygen atoms in total. The van der Waals surface area contributed by atoms with Gasteiger partial charge in [0, 0.05) is 10.7 Å². The van der Waals surface area contributed by atoms with Crippen LogP contribution in [-0.2, 0) is 0 Å². The molecule has 0 atom stereocenters. The van der Waals surface area contributed by atoms with E-state index in [2.05, 4.69) is 26.3 Å². The number of halogens is 1. The van der Waals surface area contributed by atoms with Crippen LogP contribution in [0.5, 0.6) is 0 Å². The Balaban J connectivity index is 3.04. The number of nitrogens with two attached hydrogens (primary N) is 1. The third-order valence-corrected chi connectivity index (χ3v) is 2.04. The summed E-state index contributed by atoms with van der Waals surface area (Å²) >= 11 is 3.35. The molecule has 1 rings (SSSR count). The molecule has 0 bridgehead atoms. The van der Waals surface area contributed by atoms with E-state index in [-0.39, 0.29) is 0 Å². The zero-order chi connectivity index (χ0) is 7.56. The Hall–Kier alpha value is -0.610. The molecule has 3 N–H and O–H groups in total. The van der Waals surface area contributed by atoms with Crippen LogP contribution >= 0.6 is 15.9 Å². The van der Waals surface area contributed by atoms with Crippen molar-refractivity contribution in [2.24, 2.45) is 5.84 Å². The summed E-state index contributed by atoms with van der Waals surface area (Å²) in [4.78, 5) is 3.99. The van der Waals surface area contributed by atoms with Crippen molar-refractivity contribution in [3.05, 3.63) is 22.3 Å². The molecular formula is C6H8BrN3. The van der Waals surface area contributed by atoms with Gasteiger partial charge in [-0.25, -0.2) is 10.8 Å². The van der Waals surface area contributed by atoms with Crippen molar-refractivity contribution in [1.82, 2.24) is 4.98 Å². The minimum absolute atomic E-state index is 0.664. The maximum Gasteiger partial charge on any atom is 0.141 e. The molecule has 10 heavy (non-hydrogen) atoms.